The van der Waals surface area contributed by atoms with Gasteiger partial charge in [0, 0.05) is 32.8 Å². The Morgan fingerprint density at radius 3 is 2.41 bits per heavy atom. The minimum atomic E-state index is -0.346. The number of rotatable bonds is 6. The lowest BCUT2D eigenvalue weighted by molar-refractivity contribution is -0.137. The number of amides is 1. The molecule has 5 nitrogen and oxygen atoms in total. The molecule has 2 heterocycles. The minimum Gasteiger partial charge on any atom is -0.384 e. The van der Waals surface area contributed by atoms with Crippen LogP contribution in [-0.2, 0) is 16.1 Å². The first-order valence-corrected chi connectivity index (χ1v) is 9.49. The van der Waals surface area contributed by atoms with Gasteiger partial charge in [-0.15, -0.1) is 24.8 Å². The van der Waals surface area contributed by atoms with Gasteiger partial charge in [-0.05, 0) is 44.3 Å². The lowest BCUT2D eigenvalue weighted by Crippen LogP contribution is -2.54. The maximum atomic E-state index is 12.9. The highest BCUT2D eigenvalue weighted by Crippen LogP contribution is 2.30. The van der Waals surface area contributed by atoms with E-state index in [0.29, 0.717) is 12.6 Å². The lowest BCUT2D eigenvalue weighted by Gasteiger charge is -2.38. The molecule has 1 aromatic carbocycles. The van der Waals surface area contributed by atoms with Crippen LogP contribution in [0.2, 0.25) is 0 Å². The summed E-state index contributed by atoms with van der Waals surface area (Å²) in [5.74, 6) is 0.192. The Hall–Kier alpha value is -0.850. The molecule has 2 fully saturated rings. The van der Waals surface area contributed by atoms with Crippen LogP contribution in [0.25, 0.3) is 0 Å². The van der Waals surface area contributed by atoms with Crippen molar-refractivity contribution in [3.63, 3.8) is 0 Å². The summed E-state index contributed by atoms with van der Waals surface area (Å²) >= 11 is 0. The van der Waals surface area contributed by atoms with E-state index in [1.165, 1.54) is 5.56 Å². The summed E-state index contributed by atoms with van der Waals surface area (Å²) in [5, 5.41) is 6.67. The summed E-state index contributed by atoms with van der Waals surface area (Å²) in [7, 11) is 1.69. The Morgan fingerprint density at radius 2 is 1.81 bits per heavy atom. The number of hydrogen-bond acceptors (Lipinski definition) is 4. The molecule has 3 rings (SSSR count). The second-order valence-corrected chi connectivity index (χ2v) is 7.47. The number of benzene rings is 1. The fraction of sp³-hybridized carbons (Fsp3) is 0.650. The average Bonchev–Trinajstić information content (AvgIpc) is 2.65. The molecule has 0 spiro atoms. The van der Waals surface area contributed by atoms with Crippen LogP contribution in [0.3, 0.4) is 0 Å². The van der Waals surface area contributed by atoms with Crippen molar-refractivity contribution in [3.8, 4) is 0 Å². The third-order valence-electron chi connectivity index (χ3n) is 5.63. The summed E-state index contributed by atoms with van der Waals surface area (Å²) < 4.78 is 5.38. The Bertz CT molecular complexity index is 540. The van der Waals surface area contributed by atoms with Crippen molar-refractivity contribution in [1.29, 1.82) is 0 Å². The van der Waals surface area contributed by atoms with E-state index in [4.69, 9.17) is 4.74 Å². The zero-order valence-corrected chi connectivity index (χ0v) is 17.7. The van der Waals surface area contributed by atoms with Gasteiger partial charge in [0.2, 0.25) is 5.91 Å². The van der Waals surface area contributed by atoms with Crippen LogP contribution in [0.1, 0.15) is 31.2 Å². The standard InChI is InChI=1S/C20H31N3O2.2ClH/c1-25-16-20(9-11-21-12-10-20)19(24)22-18-7-13-23(14-8-18)15-17-5-3-2-4-6-17;;/h2-6,18,21H,7-16H2,1H3,(H,22,24);2*1H. The van der Waals surface area contributed by atoms with Gasteiger partial charge in [-0.1, -0.05) is 30.3 Å². The van der Waals surface area contributed by atoms with Crippen LogP contribution in [0.4, 0.5) is 0 Å². The molecule has 1 aromatic rings. The number of ether oxygens (including phenoxy) is 1. The zero-order chi connectivity index (χ0) is 17.5. The highest BCUT2D eigenvalue weighted by Gasteiger charge is 2.40. The van der Waals surface area contributed by atoms with Gasteiger partial charge in [-0.3, -0.25) is 9.69 Å². The Labute approximate surface area is 175 Å². The molecular weight excluding hydrogens is 385 g/mol. The normalized spacial score (nSPS) is 20.2. The molecule has 7 heteroatoms. The van der Waals surface area contributed by atoms with E-state index in [0.717, 1.165) is 58.4 Å². The smallest absolute Gasteiger partial charge is 0.228 e. The SMILES string of the molecule is COCC1(C(=O)NC2CCN(Cc3ccccc3)CC2)CCNCC1.Cl.Cl. The molecule has 2 N–H and O–H groups in total. The summed E-state index contributed by atoms with van der Waals surface area (Å²) in [5.41, 5.74) is 1.01. The Balaban J connectivity index is 0.00000182. The molecular formula is C20H33Cl2N3O2. The third kappa shape index (κ3) is 6.61. The second kappa shape index (κ2) is 11.9. The zero-order valence-electron chi connectivity index (χ0n) is 16.1. The summed E-state index contributed by atoms with van der Waals surface area (Å²) in [6.07, 6.45) is 3.78. The fourth-order valence-electron chi connectivity index (χ4n) is 4.03. The third-order valence-corrected chi connectivity index (χ3v) is 5.63. The molecule has 0 bridgehead atoms. The van der Waals surface area contributed by atoms with E-state index in [-0.39, 0.29) is 36.1 Å². The van der Waals surface area contributed by atoms with Crippen molar-refractivity contribution < 1.29 is 9.53 Å². The monoisotopic (exact) mass is 417 g/mol. The number of nitrogens with one attached hydrogen (secondary N) is 2. The second-order valence-electron chi connectivity index (χ2n) is 7.47. The van der Waals surface area contributed by atoms with E-state index >= 15 is 0 Å². The number of hydrogen-bond donors (Lipinski definition) is 2. The minimum absolute atomic E-state index is 0. The average molecular weight is 418 g/mol. The fourth-order valence-corrected chi connectivity index (χ4v) is 4.03. The molecule has 0 aliphatic carbocycles. The van der Waals surface area contributed by atoms with E-state index in [1.807, 2.05) is 0 Å². The number of methoxy groups -OCH3 is 1. The van der Waals surface area contributed by atoms with Gasteiger partial charge in [0.05, 0.1) is 12.0 Å². The predicted molar refractivity (Wildman–Crippen MR) is 114 cm³/mol. The maximum Gasteiger partial charge on any atom is 0.228 e. The van der Waals surface area contributed by atoms with E-state index < -0.39 is 0 Å². The number of likely N-dealkylation sites (tertiary alicyclic amines) is 1. The van der Waals surface area contributed by atoms with E-state index in [1.54, 1.807) is 7.11 Å². The summed E-state index contributed by atoms with van der Waals surface area (Å²) in [6, 6.07) is 10.9. The lowest BCUT2D eigenvalue weighted by atomic mass is 9.78. The molecule has 154 valence electrons. The molecule has 2 aliphatic heterocycles. The molecule has 0 unspecified atom stereocenters. The van der Waals surface area contributed by atoms with Crippen LogP contribution in [0.5, 0.6) is 0 Å². The number of nitrogens with zero attached hydrogens (tertiary/aromatic N) is 1. The highest BCUT2D eigenvalue weighted by molar-refractivity contribution is 5.85. The maximum absolute atomic E-state index is 12.9. The van der Waals surface area contributed by atoms with Crippen LogP contribution in [0, 0.1) is 5.41 Å². The molecule has 1 amide bonds. The quantitative estimate of drug-likeness (QED) is 0.746. The predicted octanol–water partition coefficient (Wildman–Crippen LogP) is 2.63. The van der Waals surface area contributed by atoms with Gasteiger partial charge in [0.15, 0.2) is 0 Å². The van der Waals surface area contributed by atoms with E-state index in [2.05, 4.69) is 45.9 Å². The van der Waals surface area contributed by atoms with Gasteiger partial charge < -0.3 is 15.4 Å². The summed E-state index contributed by atoms with van der Waals surface area (Å²) in [6.45, 7) is 5.39. The van der Waals surface area contributed by atoms with Crippen molar-refractivity contribution in [2.24, 2.45) is 5.41 Å². The molecule has 0 saturated carbocycles. The Morgan fingerprint density at radius 1 is 1.19 bits per heavy atom. The van der Waals surface area contributed by atoms with Crippen LogP contribution in [-0.4, -0.2) is 56.7 Å². The summed E-state index contributed by atoms with van der Waals surface area (Å²) in [4.78, 5) is 15.4. The molecule has 27 heavy (non-hydrogen) atoms. The first-order valence-electron chi connectivity index (χ1n) is 9.49. The number of carbonyl (C=O) groups is 1. The first kappa shape index (κ1) is 24.2. The van der Waals surface area contributed by atoms with Crippen molar-refractivity contribution in [3.05, 3.63) is 35.9 Å². The van der Waals surface area contributed by atoms with Gasteiger partial charge in [0.1, 0.15) is 0 Å². The number of piperidine rings is 2. The number of carbonyl (C=O) groups excluding carboxylic acids is 1. The van der Waals surface area contributed by atoms with Gasteiger partial charge in [-0.2, -0.15) is 0 Å². The van der Waals surface area contributed by atoms with Crippen LogP contribution in [0.15, 0.2) is 30.3 Å². The van der Waals surface area contributed by atoms with Crippen molar-refractivity contribution in [2.75, 3.05) is 39.9 Å². The van der Waals surface area contributed by atoms with Crippen molar-refractivity contribution in [2.45, 2.75) is 38.3 Å². The van der Waals surface area contributed by atoms with Gasteiger partial charge >= 0.3 is 0 Å². The van der Waals surface area contributed by atoms with Gasteiger partial charge in [-0.25, -0.2) is 0 Å². The molecule has 2 aliphatic rings. The largest absolute Gasteiger partial charge is 0.384 e. The first-order chi connectivity index (χ1) is 12.2. The molecule has 2 saturated heterocycles. The molecule has 0 aromatic heterocycles. The van der Waals surface area contributed by atoms with Gasteiger partial charge in [0.25, 0.3) is 0 Å². The topological polar surface area (TPSA) is 53.6 Å². The van der Waals surface area contributed by atoms with Crippen molar-refractivity contribution >= 4 is 30.7 Å². The van der Waals surface area contributed by atoms with E-state index in [9.17, 15) is 4.79 Å². The Kier molecular flexibility index (Phi) is 10.6. The van der Waals surface area contributed by atoms with Crippen molar-refractivity contribution in [1.82, 2.24) is 15.5 Å². The van der Waals surface area contributed by atoms with Crippen LogP contribution >= 0.6 is 24.8 Å². The molecule has 0 atom stereocenters. The highest BCUT2D eigenvalue weighted by atomic mass is 35.5. The number of halogens is 2. The molecule has 0 radical (unpaired) electrons. The van der Waals surface area contributed by atoms with Crippen LogP contribution < -0.4 is 10.6 Å².